The lowest BCUT2D eigenvalue weighted by atomic mass is 10.1. The highest BCUT2D eigenvalue weighted by Crippen LogP contribution is 2.21. The minimum absolute atomic E-state index is 0.252. The van der Waals surface area contributed by atoms with E-state index in [0.29, 0.717) is 30.6 Å². The van der Waals surface area contributed by atoms with Crippen LogP contribution in [0, 0.1) is 0 Å². The number of anilines is 1. The maximum absolute atomic E-state index is 12.3. The van der Waals surface area contributed by atoms with Crippen molar-refractivity contribution in [3.8, 4) is 0 Å². The zero-order chi connectivity index (χ0) is 19.2. The first-order chi connectivity index (χ1) is 13.0. The van der Waals surface area contributed by atoms with Gasteiger partial charge in [-0.25, -0.2) is 4.79 Å². The fourth-order valence-electron chi connectivity index (χ4n) is 2.85. The molecule has 27 heavy (non-hydrogen) atoms. The molecule has 1 saturated heterocycles. The molecule has 1 aliphatic rings. The Labute approximate surface area is 156 Å². The van der Waals surface area contributed by atoms with Crippen LogP contribution in [0.15, 0.2) is 54.6 Å². The smallest absolute Gasteiger partial charge is 0.332 e. The van der Waals surface area contributed by atoms with Crippen LogP contribution in [0.4, 0.5) is 5.69 Å². The molecule has 0 aliphatic carbocycles. The van der Waals surface area contributed by atoms with Crippen LogP contribution < -0.4 is 10.6 Å². The first-order valence-corrected chi connectivity index (χ1v) is 8.64. The van der Waals surface area contributed by atoms with Crippen molar-refractivity contribution in [2.24, 2.45) is 0 Å². The summed E-state index contributed by atoms with van der Waals surface area (Å²) in [7, 11) is 0. The molecule has 1 fully saturated rings. The standard InChI is InChI=1S/C20H20N2O5/c23-18(21-12-13-5-2-1-3-6-13)14-7-4-8-15(11-14)22-19(24)16-9-10-17(27-16)20(25)26/h1-8,11,16-17H,9-10,12H2,(H,21,23)(H,22,24)(H,25,26)/t16-,17+/m0/s1. The molecule has 3 rings (SSSR count). The summed E-state index contributed by atoms with van der Waals surface area (Å²) in [6.45, 7) is 0.406. The van der Waals surface area contributed by atoms with Crippen molar-refractivity contribution in [3.63, 3.8) is 0 Å². The number of carboxylic acid groups (broad SMARTS) is 1. The van der Waals surface area contributed by atoms with Crippen LogP contribution in [-0.4, -0.2) is 35.1 Å². The summed E-state index contributed by atoms with van der Waals surface area (Å²) in [5.41, 5.74) is 1.86. The fourth-order valence-corrected chi connectivity index (χ4v) is 2.85. The number of hydrogen-bond donors (Lipinski definition) is 3. The number of carboxylic acids is 1. The number of amides is 2. The van der Waals surface area contributed by atoms with E-state index in [1.54, 1.807) is 24.3 Å². The number of carbonyl (C=O) groups is 3. The summed E-state index contributed by atoms with van der Waals surface area (Å²) in [5.74, 6) is -1.74. The van der Waals surface area contributed by atoms with E-state index in [0.717, 1.165) is 5.56 Å². The second kappa shape index (κ2) is 8.46. The maximum atomic E-state index is 12.3. The normalized spacial score (nSPS) is 18.7. The summed E-state index contributed by atoms with van der Waals surface area (Å²) in [5, 5.41) is 14.4. The molecule has 0 unspecified atom stereocenters. The third kappa shape index (κ3) is 4.92. The van der Waals surface area contributed by atoms with Gasteiger partial charge in [0.25, 0.3) is 11.8 Å². The first-order valence-electron chi connectivity index (χ1n) is 8.64. The van der Waals surface area contributed by atoms with Gasteiger partial charge in [-0.15, -0.1) is 0 Å². The first kappa shape index (κ1) is 18.6. The molecule has 0 radical (unpaired) electrons. The zero-order valence-corrected chi connectivity index (χ0v) is 14.6. The molecule has 2 amide bonds. The monoisotopic (exact) mass is 368 g/mol. The SMILES string of the molecule is O=C(NCc1ccccc1)c1cccc(NC(=O)[C@@H]2CC[C@H](C(=O)O)O2)c1. The van der Waals surface area contributed by atoms with Crippen LogP contribution in [0.3, 0.4) is 0 Å². The van der Waals surface area contributed by atoms with Gasteiger partial charge in [-0.2, -0.15) is 0 Å². The molecular weight excluding hydrogens is 348 g/mol. The van der Waals surface area contributed by atoms with Crippen LogP contribution in [0.25, 0.3) is 0 Å². The number of rotatable bonds is 6. The van der Waals surface area contributed by atoms with Crippen molar-refractivity contribution in [2.75, 3.05) is 5.32 Å². The van der Waals surface area contributed by atoms with E-state index in [-0.39, 0.29) is 5.91 Å². The van der Waals surface area contributed by atoms with Crippen molar-refractivity contribution in [1.29, 1.82) is 0 Å². The topological polar surface area (TPSA) is 105 Å². The minimum Gasteiger partial charge on any atom is -0.479 e. The summed E-state index contributed by atoms with van der Waals surface area (Å²) in [4.78, 5) is 35.5. The van der Waals surface area contributed by atoms with Gasteiger partial charge in [0.2, 0.25) is 0 Å². The van der Waals surface area contributed by atoms with E-state index in [4.69, 9.17) is 9.84 Å². The predicted octanol–water partition coefficient (Wildman–Crippen LogP) is 2.19. The number of carbonyl (C=O) groups excluding carboxylic acids is 2. The van der Waals surface area contributed by atoms with Crippen LogP contribution in [-0.2, 0) is 20.9 Å². The Bertz CT molecular complexity index is 837. The minimum atomic E-state index is -1.07. The molecule has 7 nitrogen and oxygen atoms in total. The highest BCUT2D eigenvalue weighted by molar-refractivity contribution is 5.98. The molecular formula is C20H20N2O5. The lowest BCUT2D eigenvalue weighted by molar-refractivity contribution is -0.150. The number of hydrogen-bond acceptors (Lipinski definition) is 4. The van der Waals surface area contributed by atoms with Crippen molar-refractivity contribution < 1.29 is 24.2 Å². The van der Waals surface area contributed by atoms with E-state index >= 15 is 0 Å². The third-order valence-electron chi connectivity index (χ3n) is 4.28. The number of aliphatic carboxylic acids is 1. The molecule has 0 bridgehead atoms. The lowest BCUT2D eigenvalue weighted by Gasteiger charge is -2.12. The van der Waals surface area contributed by atoms with Crippen LogP contribution >= 0.6 is 0 Å². The molecule has 140 valence electrons. The Morgan fingerprint density at radius 3 is 2.44 bits per heavy atom. The Kier molecular flexibility index (Phi) is 5.83. The number of ether oxygens (including phenoxy) is 1. The molecule has 7 heteroatoms. The molecule has 2 aromatic carbocycles. The summed E-state index contributed by atoms with van der Waals surface area (Å²) < 4.78 is 5.23. The second-order valence-corrected chi connectivity index (χ2v) is 6.27. The Hall–Kier alpha value is -3.19. The number of benzene rings is 2. The van der Waals surface area contributed by atoms with Gasteiger partial charge in [-0.1, -0.05) is 36.4 Å². The molecule has 1 heterocycles. The lowest BCUT2D eigenvalue weighted by Crippen LogP contribution is -2.30. The van der Waals surface area contributed by atoms with Gasteiger partial charge >= 0.3 is 5.97 Å². The van der Waals surface area contributed by atoms with Gasteiger partial charge in [0.1, 0.15) is 6.10 Å². The van der Waals surface area contributed by atoms with Gasteiger partial charge < -0.3 is 20.5 Å². The van der Waals surface area contributed by atoms with Crippen LogP contribution in [0.5, 0.6) is 0 Å². The molecule has 1 aliphatic heterocycles. The van der Waals surface area contributed by atoms with E-state index in [1.165, 1.54) is 0 Å². The Morgan fingerprint density at radius 1 is 1.00 bits per heavy atom. The van der Waals surface area contributed by atoms with E-state index < -0.39 is 24.1 Å². The Morgan fingerprint density at radius 2 is 1.74 bits per heavy atom. The van der Waals surface area contributed by atoms with Gasteiger partial charge in [-0.3, -0.25) is 9.59 Å². The molecule has 0 aromatic heterocycles. The highest BCUT2D eigenvalue weighted by Gasteiger charge is 2.34. The van der Waals surface area contributed by atoms with Crippen LogP contribution in [0.1, 0.15) is 28.8 Å². The molecule has 2 aromatic rings. The maximum Gasteiger partial charge on any atom is 0.332 e. The van der Waals surface area contributed by atoms with E-state index in [9.17, 15) is 14.4 Å². The highest BCUT2D eigenvalue weighted by atomic mass is 16.5. The van der Waals surface area contributed by atoms with Crippen molar-refractivity contribution in [2.45, 2.75) is 31.6 Å². The fraction of sp³-hybridized carbons (Fsp3) is 0.250. The van der Waals surface area contributed by atoms with Gasteiger partial charge in [0, 0.05) is 17.8 Å². The third-order valence-corrected chi connectivity index (χ3v) is 4.28. The quantitative estimate of drug-likeness (QED) is 0.725. The molecule has 0 spiro atoms. The largest absolute Gasteiger partial charge is 0.479 e. The van der Waals surface area contributed by atoms with Gasteiger partial charge in [-0.05, 0) is 36.6 Å². The Balaban J connectivity index is 1.57. The van der Waals surface area contributed by atoms with Crippen LogP contribution in [0.2, 0.25) is 0 Å². The molecule has 0 saturated carbocycles. The molecule has 3 N–H and O–H groups in total. The van der Waals surface area contributed by atoms with Gasteiger partial charge in [0.15, 0.2) is 6.10 Å². The van der Waals surface area contributed by atoms with Crippen molar-refractivity contribution >= 4 is 23.5 Å². The summed E-state index contributed by atoms with van der Waals surface area (Å²) >= 11 is 0. The number of nitrogens with one attached hydrogen (secondary N) is 2. The van der Waals surface area contributed by atoms with E-state index in [2.05, 4.69) is 10.6 Å². The predicted molar refractivity (Wildman–Crippen MR) is 98.2 cm³/mol. The zero-order valence-electron chi connectivity index (χ0n) is 14.6. The molecule has 2 atom stereocenters. The second-order valence-electron chi connectivity index (χ2n) is 6.27. The average Bonchev–Trinajstić information content (AvgIpc) is 3.18. The van der Waals surface area contributed by atoms with Gasteiger partial charge in [0.05, 0.1) is 0 Å². The summed E-state index contributed by atoms with van der Waals surface area (Å²) in [6, 6.07) is 16.1. The summed E-state index contributed by atoms with van der Waals surface area (Å²) in [6.07, 6.45) is -1.10. The van der Waals surface area contributed by atoms with Crippen molar-refractivity contribution in [3.05, 3.63) is 65.7 Å². The van der Waals surface area contributed by atoms with E-state index in [1.807, 2.05) is 30.3 Å². The average molecular weight is 368 g/mol. The van der Waals surface area contributed by atoms with Crippen molar-refractivity contribution in [1.82, 2.24) is 5.32 Å².